The first-order valence-electron chi connectivity index (χ1n) is 7.93. The quantitative estimate of drug-likeness (QED) is 0.563. The second-order valence-corrected chi connectivity index (χ2v) is 6.83. The third kappa shape index (κ3) is 3.35. The fourth-order valence-electron chi connectivity index (χ4n) is 2.75. The lowest BCUT2D eigenvalue weighted by molar-refractivity contribution is -0.146. The van der Waals surface area contributed by atoms with Gasteiger partial charge in [0.15, 0.2) is 0 Å². The van der Waals surface area contributed by atoms with Crippen LogP contribution in [0.25, 0.3) is 0 Å². The molecule has 0 fully saturated rings. The molecule has 1 atom stereocenters. The van der Waals surface area contributed by atoms with E-state index in [0.29, 0.717) is 11.3 Å². The smallest absolute Gasteiger partial charge is 0.308 e. The number of esters is 1. The van der Waals surface area contributed by atoms with Gasteiger partial charge in [0.2, 0.25) is 17.5 Å². The number of para-hydroxylation sites is 1. The molecule has 0 saturated carbocycles. The minimum Gasteiger partial charge on any atom is -0.443 e. The minimum atomic E-state index is -1.11. The highest BCUT2D eigenvalue weighted by Crippen LogP contribution is 2.38. The summed E-state index contributed by atoms with van der Waals surface area (Å²) >= 11 is 3.40. The molecule has 1 amide bonds. The van der Waals surface area contributed by atoms with Gasteiger partial charge in [0.1, 0.15) is 5.75 Å². The van der Waals surface area contributed by atoms with Gasteiger partial charge in [0, 0.05) is 30.8 Å². The van der Waals surface area contributed by atoms with Crippen molar-refractivity contribution in [1.82, 2.24) is 5.01 Å². The summed E-state index contributed by atoms with van der Waals surface area (Å²) < 4.78 is 12.3. The van der Waals surface area contributed by atoms with Gasteiger partial charge in [-0.25, -0.2) is 0 Å². The van der Waals surface area contributed by atoms with Crippen LogP contribution in [0.4, 0.5) is 0 Å². The molecular formula is C19H17BrN2O4. The van der Waals surface area contributed by atoms with Gasteiger partial charge in [0.25, 0.3) is 0 Å². The van der Waals surface area contributed by atoms with Gasteiger partial charge >= 0.3 is 5.97 Å². The summed E-state index contributed by atoms with van der Waals surface area (Å²) in [5.41, 5.74) is 0.153. The van der Waals surface area contributed by atoms with E-state index < -0.39 is 11.7 Å². The van der Waals surface area contributed by atoms with E-state index >= 15 is 0 Å². The first-order chi connectivity index (χ1) is 12.3. The highest BCUT2D eigenvalue weighted by Gasteiger charge is 2.45. The van der Waals surface area contributed by atoms with Crippen LogP contribution in [0.1, 0.15) is 31.9 Å². The third-order valence-electron chi connectivity index (χ3n) is 3.94. The summed E-state index contributed by atoms with van der Waals surface area (Å²) in [4.78, 5) is 23.5. The first kappa shape index (κ1) is 18.1. The van der Waals surface area contributed by atoms with Gasteiger partial charge in [-0.1, -0.05) is 40.2 Å². The average molecular weight is 417 g/mol. The number of hydrogen-bond donors (Lipinski definition) is 0. The Balaban J connectivity index is 2.04. The molecule has 1 aliphatic rings. The zero-order valence-corrected chi connectivity index (χ0v) is 16.1. The van der Waals surface area contributed by atoms with Crippen LogP contribution in [-0.4, -0.2) is 22.8 Å². The molecule has 6 nitrogen and oxygen atoms in total. The van der Waals surface area contributed by atoms with Crippen molar-refractivity contribution >= 4 is 33.7 Å². The van der Waals surface area contributed by atoms with E-state index in [9.17, 15) is 9.59 Å². The average Bonchev–Trinajstić information content (AvgIpc) is 2.94. The molecule has 26 heavy (non-hydrogen) atoms. The van der Waals surface area contributed by atoms with E-state index in [1.54, 1.807) is 31.2 Å². The highest BCUT2D eigenvalue weighted by atomic mass is 79.9. The molecular weight excluding hydrogens is 400 g/mol. The Morgan fingerprint density at radius 2 is 1.77 bits per heavy atom. The second kappa shape index (κ2) is 6.92. The van der Waals surface area contributed by atoms with E-state index in [-0.39, 0.29) is 11.8 Å². The van der Waals surface area contributed by atoms with Crippen molar-refractivity contribution in [1.29, 1.82) is 0 Å². The molecule has 0 radical (unpaired) electrons. The van der Waals surface area contributed by atoms with Gasteiger partial charge in [-0.15, -0.1) is 5.10 Å². The maximum absolute atomic E-state index is 12.2. The fourth-order valence-corrected chi connectivity index (χ4v) is 3.01. The number of carbonyl (C=O) groups is 2. The molecule has 1 aliphatic heterocycles. The molecule has 0 saturated heterocycles. The Bertz CT molecular complexity index is 895. The predicted octanol–water partition coefficient (Wildman–Crippen LogP) is 3.79. The van der Waals surface area contributed by atoms with Crippen molar-refractivity contribution in [2.75, 3.05) is 0 Å². The van der Waals surface area contributed by atoms with Crippen LogP contribution in [0.15, 0.2) is 58.1 Å². The van der Waals surface area contributed by atoms with Gasteiger partial charge in [-0.2, -0.15) is 5.01 Å². The van der Waals surface area contributed by atoms with E-state index in [1.807, 2.05) is 24.3 Å². The molecule has 0 aliphatic carbocycles. The van der Waals surface area contributed by atoms with Crippen molar-refractivity contribution in [2.45, 2.75) is 26.5 Å². The van der Waals surface area contributed by atoms with E-state index in [4.69, 9.17) is 9.47 Å². The molecule has 7 heteroatoms. The van der Waals surface area contributed by atoms with Gasteiger partial charge in [-0.3, -0.25) is 9.59 Å². The van der Waals surface area contributed by atoms with Crippen molar-refractivity contribution in [3.05, 3.63) is 64.1 Å². The predicted molar refractivity (Wildman–Crippen MR) is 99.4 cm³/mol. The highest BCUT2D eigenvalue weighted by molar-refractivity contribution is 9.10. The Morgan fingerprint density at radius 3 is 2.38 bits per heavy atom. The topological polar surface area (TPSA) is 68.2 Å². The number of amides is 1. The molecule has 0 N–H and O–H groups in total. The number of ether oxygens (including phenoxy) is 2. The molecule has 0 spiro atoms. The summed E-state index contributed by atoms with van der Waals surface area (Å²) in [6.07, 6.45) is 0. The van der Waals surface area contributed by atoms with Crippen LogP contribution in [0.3, 0.4) is 0 Å². The molecule has 0 aromatic heterocycles. The lowest BCUT2D eigenvalue weighted by Crippen LogP contribution is -2.41. The zero-order valence-electron chi connectivity index (χ0n) is 14.5. The van der Waals surface area contributed by atoms with Gasteiger partial charge in [0.05, 0.1) is 5.56 Å². The number of nitrogens with zero attached hydrogens (tertiary/aromatic N) is 2. The van der Waals surface area contributed by atoms with Crippen LogP contribution in [0, 0.1) is 0 Å². The monoisotopic (exact) mass is 416 g/mol. The van der Waals surface area contributed by atoms with Crippen LogP contribution >= 0.6 is 15.9 Å². The fraction of sp³-hybridized carbons (Fsp3) is 0.211. The largest absolute Gasteiger partial charge is 0.443 e. The van der Waals surface area contributed by atoms with Crippen LogP contribution in [0.2, 0.25) is 0 Å². The molecule has 1 heterocycles. The number of halogens is 1. The summed E-state index contributed by atoms with van der Waals surface area (Å²) in [6, 6.07) is 14.3. The van der Waals surface area contributed by atoms with E-state index in [0.717, 1.165) is 10.0 Å². The van der Waals surface area contributed by atoms with Crippen LogP contribution < -0.4 is 4.74 Å². The Kier molecular flexibility index (Phi) is 4.82. The first-order valence-corrected chi connectivity index (χ1v) is 8.73. The van der Waals surface area contributed by atoms with Crippen molar-refractivity contribution in [3.8, 4) is 5.75 Å². The SMILES string of the molecule is CC(=O)Oc1ccccc1C1=NN(C(C)=O)C(C)(c2ccc(Br)cc2)O1. The summed E-state index contributed by atoms with van der Waals surface area (Å²) in [7, 11) is 0. The Hall–Kier alpha value is -2.67. The van der Waals surface area contributed by atoms with Crippen molar-refractivity contribution < 1.29 is 19.1 Å². The Labute approximate surface area is 159 Å². The van der Waals surface area contributed by atoms with Crippen LogP contribution in [-0.2, 0) is 20.1 Å². The standard InChI is InChI=1S/C19H17BrN2O4/c1-12(23)22-19(3,14-8-10-15(20)11-9-14)26-18(21-22)16-6-4-5-7-17(16)25-13(2)24/h4-11H,1-3H3. The van der Waals surface area contributed by atoms with E-state index in [2.05, 4.69) is 21.0 Å². The molecule has 1 unspecified atom stereocenters. The number of rotatable bonds is 3. The third-order valence-corrected chi connectivity index (χ3v) is 4.47. The molecule has 0 bridgehead atoms. The molecule has 3 rings (SSSR count). The summed E-state index contributed by atoms with van der Waals surface area (Å²) in [6.45, 7) is 4.51. The second-order valence-electron chi connectivity index (χ2n) is 5.92. The van der Waals surface area contributed by atoms with Crippen molar-refractivity contribution in [3.63, 3.8) is 0 Å². The summed E-state index contributed by atoms with van der Waals surface area (Å²) in [5.74, 6) is -0.185. The normalized spacial score (nSPS) is 18.9. The van der Waals surface area contributed by atoms with Gasteiger partial charge < -0.3 is 9.47 Å². The number of hydrogen-bond acceptors (Lipinski definition) is 5. The van der Waals surface area contributed by atoms with E-state index in [1.165, 1.54) is 18.9 Å². The van der Waals surface area contributed by atoms with Gasteiger partial charge in [-0.05, 0) is 24.3 Å². The summed E-state index contributed by atoms with van der Waals surface area (Å²) in [5, 5.41) is 5.64. The minimum absolute atomic E-state index is 0.211. The lowest BCUT2D eigenvalue weighted by atomic mass is 10.0. The van der Waals surface area contributed by atoms with Crippen molar-refractivity contribution in [2.24, 2.45) is 5.10 Å². The number of benzene rings is 2. The maximum atomic E-state index is 12.2. The maximum Gasteiger partial charge on any atom is 0.308 e. The molecule has 134 valence electrons. The number of carbonyl (C=O) groups excluding carboxylic acids is 2. The Morgan fingerprint density at radius 1 is 1.12 bits per heavy atom. The number of hydrazone groups is 1. The molecule has 2 aromatic rings. The lowest BCUT2D eigenvalue weighted by Gasteiger charge is -2.31. The molecule has 2 aromatic carbocycles. The van der Waals surface area contributed by atoms with Crippen LogP contribution in [0.5, 0.6) is 5.75 Å². The zero-order chi connectivity index (χ0) is 18.9.